The van der Waals surface area contributed by atoms with Crippen molar-refractivity contribution in [2.45, 2.75) is 65.4 Å². The van der Waals surface area contributed by atoms with Crippen molar-refractivity contribution in [2.75, 3.05) is 20.0 Å². The summed E-state index contributed by atoms with van der Waals surface area (Å²) < 4.78 is 11.1. The molecule has 0 heterocycles. The zero-order valence-corrected chi connectivity index (χ0v) is 18.9. The van der Waals surface area contributed by atoms with Crippen LogP contribution in [0.15, 0.2) is 23.5 Å². The molecule has 2 N–H and O–H groups in total. The number of hydrogen-bond acceptors (Lipinski definition) is 6. The molecule has 0 aromatic carbocycles. The highest BCUT2D eigenvalue weighted by Gasteiger charge is 2.62. The number of allylic oxidation sites excluding steroid dienone is 3. The molecule has 4 aliphatic carbocycles. The van der Waals surface area contributed by atoms with Crippen LogP contribution in [0.25, 0.3) is 0 Å². The summed E-state index contributed by atoms with van der Waals surface area (Å²) in [5, 5.41) is 20.9. The normalized spacial score (nSPS) is 41.6. The van der Waals surface area contributed by atoms with Crippen molar-refractivity contribution in [3.8, 4) is 0 Å². The Balaban J connectivity index is 1.62. The number of carbonyl (C=O) groups is 2. The molecular formula is C25H36O6. The van der Waals surface area contributed by atoms with E-state index < -0.39 is 18.1 Å². The van der Waals surface area contributed by atoms with Gasteiger partial charge in [-0.15, -0.1) is 0 Å². The van der Waals surface area contributed by atoms with Gasteiger partial charge in [0.05, 0.1) is 12.7 Å². The number of ketones is 2. The summed E-state index contributed by atoms with van der Waals surface area (Å²) in [6, 6.07) is 0. The summed E-state index contributed by atoms with van der Waals surface area (Å²) >= 11 is 0. The van der Waals surface area contributed by atoms with Crippen molar-refractivity contribution in [2.24, 2.45) is 34.5 Å². The zero-order chi connectivity index (χ0) is 22.4. The Bertz CT molecular complexity index is 800. The van der Waals surface area contributed by atoms with Crippen LogP contribution in [-0.4, -0.2) is 47.9 Å². The van der Waals surface area contributed by atoms with E-state index in [2.05, 4.69) is 13.8 Å². The van der Waals surface area contributed by atoms with E-state index in [0.29, 0.717) is 24.7 Å². The fourth-order valence-electron chi connectivity index (χ4n) is 7.45. The number of carbonyl (C=O) groups excluding carboxylic acids is 2. The summed E-state index contributed by atoms with van der Waals surface area (Å²) in [6.45, 7) is 6.48. The van der Waals surface area contributed by atoms with Crippen LogP contribution in [0.2, 0.25) is 0 Å². The highest BCUT2D eigenvalue weighted by Crippen LogP contribution is 2.66. The molecule has 6 heteroatoms. The highest BCUT2D eigenvalue weighted by molar-refractivity contribution is 6.04. The zero-order valence-electron chi connectivity index (χ0n) is 18.9. The maximum absolute atomic E-state index is 12.6. The van der Waals surface area contributed by atoms with Gasteiger partial charge in [-0.1, -0.05) is 26.3 Å². The van der Waals surface area contributed by atoms with E-state index >= 15 is 0 Å². The van der Waals surface area contributed by atoms with Gasteiger partial charge in [0.1, 0.15) is 6.61 Å². The minimum absolute atomic E-state index is 0.0168. The van der Waals surface area contributed by atoms with Crippen LogP contribution in [-0.2, 0) is 19.1 Å². The maximum atomic E-state index is 12.6. The first kappa shape index (κ1) is 22.7. The Kier molecular flexibility index (Phi) is 6.18. The topological polar surface area (TPSA) is 93.1 Å². The Morgan fingerprint density at radius 2 is 2.03 bits per heavy atom. The number of ether oxygens (including phenoxy) is 2. The molecule has 0 radical (unpaired) electrons. The van der Waals surface area contributed by atoms with Crippen molar-refractivity contribution >= 4 is 11.6 Å². The SMILES string of the molecule is CCCOCOC1=C[C@@]2(C)C(=CC1=O)CC[C@@H]1[C@@H]2[C@@H](O)C[C@]2(C)[C@@H](C(=O)CO)CC[C@@H]12. The van der Waals surface area contributed by atoms with Crippen molar-refractivity contribution in [3.63, 3.8) is 0 Å². The fourth-order valence-corrected chi connectivity index (χ4v) is 7.45. The molecule has 0 spiro atoms. The number of rotatable bonds is 7. The number of fused-ring (bicyclic) bond motifs is 5. The van der Waals surface area contributed by atoms with E-state index in [-0.39, 0.29) is 41.5 Å². The van der Waals surface area contributed by atoms with Crippen molar-refractivity contribution < 1.29 is 29.3 Å². The average Bonchev–Trinajstić information content (AvgIpc) is 3.07. The summed E-state index contributed by atoms with van der Waals surface area (Å²) in [6.07, 6.45) is 7.96. The van der Waals surface area contributed by atoms with Gasteiger partial charge < -0.3 is 19.7 Å². The lowest BCUT2D eigenvalue weighted by molar-refractivity contribution is -0.141. The molecule has 3 saturated carbocycles. The number of Topliss-reactive ketones (excluding diaryl/α,β-unsaturated/α-hetero) is 1. The van der Waals surface area contributed by atoms with Crippen LogP contribution >= 0.6 is 0 Å². The van der Waals surface area contributed by atoms with Crippen LogP contribution in [0.1, 0.15) is 59.3 Å². The fraction of sp³-hybridized carbons (Fsp3) is 0.760. The lowest BCUT2D eigenvalue weighted by Crippen LogP contribution is -2.56. The molecule has 4 rings (SSSR count). The van der Waals surface area contributed by atoms with Gasteiger partial charge in [0.25, 0.3) is 0 Å². The molecule has 3 fully saturated rings. The molecule has 0 aromatic rings. The summed E-state index contributed by atoms with van der Waals surface area (Å²) in [5.74, 6) is 0.498. The molecule has 0 saturated heterocycles. The minimum Gasteiger partial charge on any atom is -0.464 e. The van der Waals surface area contributed by atoms with Crippen LogP contribution in [0.3, 0.4) is 0 Å². The molecule has 4 aliphatic rings. The summed E-state index contributed by atoms with van der Waals surface area (Å²) in [7, 11) is 0. The first-order valence-electron chi connectivity index (χ1n) is 11.8. The molecular weight excluding hydrogens is 396 g/mol. The molecule has 0 amide bonds. The smallest absolute Gasteiger partial charge is 0.220 e. The summed E-state index contributed by atoms with van der Waals surface area (Å²) in [5.41, 5.74) is 0.347. The van der Waals surface area contributed by atoms with Gasteiger partial charge in [0.2, 0.25) is 5.78 Å². The van der Waals surface area contributed by atoms with Gasteiger partial charge in [-0.3, -0.25) is 9.59 Å². The van der Waals surface area contributed by atoms with E-state index in [1.165, 1.54) is 0 Å². The third-order valence-electron chi connectivity index (χ3n) is 8.75. The quantitative estimate of drug-likeness (QED) is 0.474. The maximum Gasteiger partial charge on any atom is 0.220 e. The Morgan fingerprint density at radius 1 is 1.26 bits per heavy atom. The van der Waals surface area contributed by atoms with Crippen LogP contribution in [0, 0.1) is 34.5 Å². The second-order valence-corrected chi connectivity index (χ2v) is 10.4. The van der Waals surface area contributed by atoms with Crippen molar-refractivity contribution in [1.82, 2.24) is 0 Å². The van der Waals surface area contributed by atoms with Crippen LogP contribution < -0.4 is 0 Å². The van der Waals surface area contributed by atoms with Gasteiger partial charge in [-0.2, -0.15) is 0 Å². The van der Waals surface area contributed by atoms with Gasteiger partial charge in [-0.05, 0) is 67.9 Å². The molecule has 0 bridgehead atoms. The second-order valence-electron chi connectivity index (χ2n) is 10.4. The van der Waals surface area contributed by atoms with Crippen molar-refractivity contribution in [1.29, 1.82) is 0 Å². The monoisotopic (exact) mass is 432 g/mol. The summed E-state index contributed by atoms with van der Waals surface area (Å²) in [4.78, 5) is 25.1. The van der Waals surface area contributed by atoms with Gasteiger partial charge >= 0.3 is 0 Å². The standard InChI is InChI=1S/C25H36O6/c1-4-9-30-14-31-22-12-24(2)15(10-19(22)27)5-6-16-17-7-8-18(21(29)13-26)25(17,3)11-20(28)23(16)24/h10,12,16-18,20,23,26,28H,4-9,11,13-14H2,1-3H3/t16-,17-,18+,20-,23+,24-,25-/m0/s1. The largest absolute Gasteiger partial charge is 0.464 e. The predicted molar refractivity (Wildman–Crippen MR) is 115 cm³/mol. The van der Waals surface area contributed by atoms with Crippen molar-refractivity contribution in [3.05, 3.63) is 23.5 Å². The third-order valence-corrected chi connectivity index (χ3v) is 8.75. The number of hydrogen-bond donors (Lipinski definition) is 2. The Morgan fingerprint density at radius 3 is 2.74 bits per heavy atom. The molecule has 6 nitrogen and oxygen atoms in total. The van der Waals surface area contributed by atoms with E-state index in [9.17, 15) is 19.8 Å². The van der Waals surface area contributed by atoms with E-state index in [4.69, 9.17) is 9.47 Å². The van der Waals surface area contributed by atoms with Crippen LogP contribution in [0.5, 0.6) is 0 Å². The van der Waals surface area contributed by atoms with Gasteiger partial charge in [0, 0.05) is 17.3 Å². The van der Waals surface area contributed by atoms with E-state index in [1.54, 1.807) is 6.08 Å². The molecule has 0 aromatic heterocycles. The molecule has 172 valence electrons. The lowest BCUT2D eigenvalue weighted by Gasteiger charge is -2.58. The average molecular weight is 433 g/mol. The third kappa shape index (κ3) is 3.61. The predicted octanol–water partition coefficient (Wildman–Crippen LogP) is 3.17. The molecule has 0 unspecified atom stereocenters. The Hall–Kier alpha value is -1.50. The molecule has 0 aliphatic heterocycles. The van der Waals surface area contributed by atoms with Gasteiger partial charge in [-0.25, -0.2) is 0 Å². The first-order valence-corrected chi connectivity index (χ1v) is 11.8. The molecule has 31 heavy (non-hydrogen) atoms. The second kappa shape index (κ2) is 8.45. The van der Waals surface area contributed by atoms with Crippen LogP contribution in [0.4, 0.5) is 0 Å². The Labute approximate surface area is 184 Å². The minimum atomic E-state index is -0.575. The highest BCUT2D eigenvalue weighted by atomic mass is 16.7. The van der Waals surface area contributed by atoms with Gasteiger partial charge in [0.15, 0.2) is 18.3 Å². The first-order chi connectivity index (χ1) is 14.8. The lowest BCUT2D eigenvalue weighted by atomic mass is 9.46. The van der Waals surface area contributed by atoms with E-state index in [1.807, 2.05) is 13.0 Å². The molecule has 7 atom stereocenters. The van der Waals surface area contributed by atoms with E-state index in [0.717, 1.165) is 37.7 Å². The number of aliphatic hydroxyl groups is 2. The number of aliphatic hydroxyl groups excluding tert-OH is 2.